The van der Waals surface area contributed by atoms with Crippen LogP contribution in [0.4, 0.5) is 0 Å². The molecular formula is C20H22ClNO3S. The van der Waals surface area contributed by atoms with Crippen LogP contribution in [0.15, 0.2) is 53.4 Å². The number of morpholine rings is 1. The van der Waals surface area contributed by atoms with Crippen LogP contribution in [0.5, 0.6) is 0 Å². The summed E-state index contributed by atoms with van der Waals surface area (Å²) in [5.41, 5.74) is 2.26. The lowest BCUT2D eigenvalue weighted by molar-refractivity contribution is -0.137. The van der Waals surface area contributed by atoms with Crippen molar-refractivity contribution in [2.24, 2.45) is 0 Å². The van der Waals surface area contributed by atoms with Gasteiger partial charge >= 0.3 is 5.97 Å². The van der Waals surface area contributed by atoms with Gasteiger partial charge in [-0.3, -0.25) is 9.69 Å². The van der Waals surface area contributed by atoms with Crippen molar-refractivity contribution in [3.05, 3.63) is 64.7 Å². The molecule has 2 aromatic rings. The standard InChI is InChI=1S/C20H22ClNO3S/c21-18-4-2-1-3-16(18)14-26-17-7-5-15(6-8-17)19-13-22(11-12-25-19)10-9-20(23)24/h1-8,19H,9-14H2,(H,23,24). The van der Waals surface area contributed by atoms with E-state index in [0.717, 1.165) is 35.0 Å². The maximum Gasteiger partial charge on any atom is 0.304 e. The number of carbonyl (C=O) groups is 1. The largest absolute Gasteiger partial charge is 0.481 e. The maximum atomic E-state index is 10.7. The second-order valence-corrected chi connectivity index (χ2v) is 7.71. The second kappa shape index (κ2) is 9.42. The van der Waals surface area contributed by atoms with Crippen molar-refractivity contribution in [1.29, 1.82) is 0 Å². The van der Waals surface area contributed by atoms with Gasteiger partial charge in [-0.2, -0.15) is 0 Å². The lowest BCUT2D eigenvalue weighted by Gasteiger charge is -2.32. The van der Waals surface area contributed by atoms with Crippen molar-refractivity contribution in [1.82, 2.24) is 4.90 Å². The molecule has 4 nitrogen and oxygen atoms in total. The number of benzene rings is 2. The molecule has 1 saturated heterocycles. The third kappa shape index (κ3) is 5.48. The van der Waals surface area contributed by atoms with Gasteiger partial charge in [-0.25, -0.2) is 0 Å². The summed E-state index contributed by atoms with van der Waals surface area (Å²) >= 11 is 7.96. The SMILES string of the molecule is O=C(O)CCN1CCOC(c2ccc(SCc3ccccc3Cl)cc2)C1. The molecule has 0 saturated carbocycles. The molecule has 1 unspecified atom stereocenters. The third-order valence-corrected chi connectivity index (χ3v) is 5.83. The summed E-state index contributed by atoms with van der Waals surface area (Å²) in [5, 5.41) is 9.64. The highest BCUT2D eigenvalue weighted by molar-refractivity contribution is 7.98. The molecule has 0 spiro atoms. The van der Waals surface area contributed by atoms with E-state index in [1.165, 1.54) is 4.90 Å². The summed E-state index contributed by atoms with van der Waals surface area (Å²) in [4.78, 5) is 14.1. The summed E-state index contributed by atoms with van der Waals surface area (Å²) in [6, 6.07) is 16.3. The molecule has 1 aliphatic heterocycles. The van der Waals surface area contributed by atoms with Crippen molar-refractivity contribution < 1.29 is 14.6 Å². The number of carboxylic acids is 1. The van der Waals surface area contributed by atoms with Gasteiger partial charge in [-0.05, 0) is 29.3 Å². The summed E-state index contributed by atoms with van der Waals surface area (Å²) in [6.07, 6.45) is 0.171. The number of thioether (sulfide) groups is 1. The van der Waals surface area contributed by atoms with Crippen LogP contribution in [0, 0.1) is 0 Å². The van der Waals surface area contributed by atoms with Gasteiger partial charge in [-0.1, -0.05) is 41.9 Å². The molecule has 1 fully saturated rings. The average Bonchev–Trinajstić information content (AvgIpc) is 2.66. The number of ether oxygens (including phenoxy) is 1. The van der Waals surface area contributed by atoms with Crippen LogP contribution in [0.2, 0.25) is 5.02 Å². The average molecular weight is 392 g/mol. The number of halogens is 1. The van der Waals surface area contributed by atoms with Gasteiger partial charge in [0.1, 0.15) is 0 Å². The molecule has 0 aliphatic carbocycles. The first-order valence-electron chi connectivity index (χ1n) is 8.64. The molecule has 6 heteroatoms. The van der Waals surface area contributed by atoms with E-state index in [1.54, 1.807) is 11.8 Å². The highest BCUT2D eigenvalue weighted by atomic mass is 35.5. The lowest BCUT2D eigenvalue weighted by atomic mass is 10.1. The smallest absolute Gasteiger partial charge is 0.304 e. The predicted octanol–water partition coefficient (Wildman–Crippen LogP) is 4.48. The Hall–Kier alpha value is -1.53. The van der Waals surface area contributed by atoms with Crippen LogP contribution in [-0.4, -0.2) is 42.2 Å². The fourth-order valence-electron chi connectivity index (χ4n) is 2.92. The minimum absolute atomic E-state index is 0.000151. The van der Waals surface area contributed by atoms with E-state index in [2.05, 4.69) is 29.2 Å². The zero-order valence-electron chi connectivity index (χ0n) is 14.4. The molecule has 0 aromatic heterocycles. The molecule has 138 valence electrons. The van der Waals surface area contributed by atoms with Gasteiger partial charge in [0.05, 0.1) is 19.1 Å². The first-order valence-corrected chi connectivity index (χ1v) is 10.00. The van der Waals surface area contributed by atoms with Crippen molar-refractivity contribution in [3.8, 4) is 0 Å². The van der Waals surface area contributed by atoms with Gasteiger partial charge in [0.2, 0.25) is 0 Å². The zero-order chi connectivity index (χ0) is 18.4. The Bertz CT molecular complexity index is 738. The Morgan fingerprint density at radius 1 is 1.23 bits per heavy atom. The molecule has 2 aromatic carbocycles. The minimum atomic E-state index is -0.757. The van der Waals surface area contributed by atoms with Crippen molar-refractivity contribution in [3.63, 3.8) is 0 Å². The molecule has 26 heavy (non-hydrogen) atoms. The van der Waals surface area contributed by atoms with Crippen LogP contribution in [-0.2, 0) is 15.3 Å². The number of rotatable bonds is 7. The monoisotopic (exact) mass is 391 g/mol. The highest BCUT2D eigenvalue weighted by Crippen LogP contribution is 2.29. The predicted molar refractivity (Wildman–Crippen MR) is 105 cm³/mol. The lowest BCUT2D eigenvalue weighted by Crippen LogP contribution is -2.39. The Balaban J connectivity index is 1.55. The Labute approximate surface area is 163 Å². The van der Waals surface area contributed by atoms with E-state index in [1.807, 2.05) is 24.3 Å². The van der Waals surface area contributed by atoms with Crippen molar-refractivity contribution >= 4 is 29.3 Å². The number of carboxylic acid groups (broad SMARTS) is 1. The maximum absolute atomic E-state index is 10.7. The minimum Gasteiger partial charge on any atom is -0.481 e. The van der Waals surface area contributed by atoms with Gasteiger partial charge < -0.3 is 9.84 Å². The van der Waals surface area contributed by atoms with Crippen LogP contribution >= 0.6 is 23.4 Å². The Kier molecular flexibility index (Phi) is 6.97. The normalized spacial score (nSPS) is 18.0. The van der Waals surface area contributed by atoms with E-state index in [4.69, 9.17) is 21.4 Å². The van der Waals surface area contributed by atoms with Crippen LogP contribution < -0.4 is 0 Å². The quantitative estimate of drug-likeness (QED) is 0.705. The van der Waals surface area contributed by atoms with Gasteiger partial charge in [0, 0.05) is 35.3 Å². The molecule has 3 rings (SSSR count). The second-order valence-electron chi connectivity index (χ2n) is 6.25. The third-order valence-electron chi connectivity index (χ3n) is 4.40. The Morgan fingerprint density at radius 2 is 2.00 bits per heavy atom. The van der Waals surface area contributed by atoms with Gasteiger partial charge in [0.15, 0.2) is 0 Å². The molecular weight excluding hydrogens is 370 g/mol. The summed E-state index contributed by atoms with van der Waals surface area (Å²) < 4.78 is 5.87. The van der Waals surface area contributed by atoms with E-state index in [0.29, 0.717) is 13.2 Å². The summed E-state index contributed by atoms with van der Waals surface area (Å²) in [6.45, 7) is 2.73. The number of hydrogen-bond donors (Lipinski definition) is 1. The van der Waals surface area contributed by atoms with Gasteiger partial charge in [0.25, 0.3) is 0 Å². The van der Waals surface area contributed by atoms with E-state index in [9.17, 15) is 4.79 Å². The van der Waals surface area contributed by atoms with Crippen LogP contribution in [0.3, 0.4) is 0 Å². The van der Waals surface area contributed by atoms with E-state index < -0.39 is 5.97 Å². The highest BCUT2D eigenvalue weighted by Gasteiger charge is 2.22. The number of aliphatic carboxylic acids is 1. The van der Waals surface area contributed by atoms with E-state index in [-0.39, 0.29) is 12.5 Å². The molecule has 1 N–H and O–H groups in total. The van der Waals surface area contributed by atoms with Crippen LogP contribution in [0.1, 0.15) is 23.7 Å². The first kappa shape index (κ1) is 19.2. The summed E-state index contributed by atoms with van der Waals surface area (Å²) in [5.74, 6) is 0.0787. The Morgan fingerprint density at radius 3 is 2.73 bits per heavy atom. The fraction of sp³-hybridized carbons (Fsp3) is 0.350. The van der Waals surface area contributed by atoms with Crippen molar-refractivity contribution in [2.75, 3.05) is 26.2 Å². The molecule has 1 heterocycles. The number of hydrogen-bond acceptors (Lipinski definition) is 4. The molecule has 1 atom stereocenters. The topological polar surface area (TPSA) is 49.8 Å². The molecule has 0 amide bonds. The first-order chi connectivity index (χ1) is 12.6. The molecule has 1 aliphatic rings. The van der Waals surface area contributed by atoms with Gasteiger partial charge in [-0.15, -0.1) is 11.8 Å². The zero-order valence-corrected chi connectivity index (χ0v) is 16.0. The van der Waals surface area contributed by atoms with E-state index >= 15 is 0 Å². The molecule has 0 bridgehead atoms. The fourth-order valence-corrected chi connectivity index (χ4v) is 4.10. The van der Waals surface area contributed by atoms with Crippen molar-refractivity contribution in [2.45, 2.75) is 23.2 Å². The summed E-state index contributed by atoms with van der Waals surface area (Å²) in [7, 11) is 0. The molecule has 0 radical (unpaired) electrons. The number of nitrogens with zero attached hydrogens (tertiary/aromatic N) is 1. The van der Waals surface area contributed by atoms with Crippen LogP contribution in [0.25, 0.3) is 0 Å².